The van der Waals surface area contributed by atoms with Crippen molar-refractivity contribution in [2.75, 3.05) is 13.2 Å². The molecule has 1 aromatic rings. The largest absolute Gasteiger partial charge is 0.456 e. The molecule has 3 fully saturated rings. The lowest BCUT2D eigenvalue weighted by Gasteiger charge is -2.37. The number of esters is 1. The summed E-state index contributed by atoms with van der Waals surface area (Å²) in [6, 6.07) is 5.31. The van der Waals surface area contributed by atoms with Gasteiger partial charge in [-0.3, -0.25) is 24.1 Å². The molecule has 2 bridgehead atoms. The second-order valence-electron chi connectivity index (χ2n) is 8.80. The van der Waals surface area contributed by atoms with Crippen LogP contribution < -0.4 is 0 Å². The van der Waals surface area contributed by atoms with Gasteiger partial charge in [-0.05, 0) is 61.1 Å². The Labute approximate surface area is 168 Å². The van der Waals surface area contributed by atoms with Crippen LogP contribution in [0.25, 0.3) is 0 Å². The quantitative estimate of drug-likeness (QED) is 0.331. The van der Waals surface area contributed by atoms with Crippen LogP contribution in [0.1, 0.15) is 27.9 Å². The molecule has 1 saturated heterocycles. The van der Waals surface area contributed by atoms with Crippen LogP contribution in [-0.2, 0) is 19.1 Å². The molecule has 5 aliphatic rings. The van der Waals surface area contributed by atoms with Crippen molar-refractivity contribution in [2.45, 2.75) is 20.3 Å². The minimum atomic E-state index is -0.729. The Morgan fingerprint density at radius 2 is 1.62 bits per heavy atom. The zero-order valence-electron chi connectivity index (χ0n) is 16.5. The smallest absolute Gasteiger partial charge is 0.326 e. The number of hydrogen-bond donors (Lipinski definition) is 0. The lowest BCUT2D eigenvalue weighted by molar-refractivity contribution is -0.152. The van der Waals surface area contributed by atoms with Gasteiger partial charge in [-0.1, -0.05) is 24.3 Å². The fraction of sp³-hybridized carbons (Fsp3) is 0.478. The topological polar surface area (TPSA) is 80.8 Å². The molecule has 29 heavy (non-hydrogen) atoms. The highest BCUT2D eigenvalue weighted by molar-refractivity contribution is 6.08. The predicted octanol–water partition coefficient (Wildman–Crippen LogP) is 2.08. The Morgan fingerprint density at radius 3 is 2.21 bits per heavy atom. The zero-order chi connectivity index (χ0) is 20.4. The van der Waals surface area contributed by atoms with Crippen molar-refractivity contribution >= 4 is 23.6 Å². The van der Waals surface area contributed by atoms with Crippen LogP contribution in [0.3, 0.4) is 0 Å². The lowest BCUT2D eigenvalue weighted by Crippen LogP contribution is -2.40. The summed E-state index contributed by atoms with van der Waals surface area (Å²) < 4.78 is 5.09. The fourth-order valence-corrected chi connectivity index (χ4v) is 5.49. The number of ether oxygens (including phenoxy) is 1. The molecule has 0 radical (unpaired) electrons. The summed E-state index contributed by atoms with van der Waals surface area (Å²) in [6.07, 6.45) is 5.28. The molecule has 6 unspecified atom stereocenters. The first-order chi connectivity index (χ1) is 13.9. The molecular formula is C23H23NO5. The van der Waals surface area contributed by atoms with Crippen molar-refractivity contribution in [2.24, 2.45) is 35.5 Å². The number of ketones is 1. The fourth-order valence-electron chi connectivity index (χ4n) is 5.49. The van der Waals surface area contributed by atoms with Gasteiger partial charge in [0.1, 0.15) is 6.54 Å². The third kappa shape index (κ3) is 2.76. The van der Waals surface area contributed by atoms with Crippen LogP contribution in [-0.4, -0.2) is 41.6 Å². The number of aryl methyl sites for hydroxylation is 2. The second-order valence-corrected chi connectivity index (χ2v) is 8.80. The van der Waals surface area contributed by atoms with Crippen LogP contribution >= 0.6 is 0 Å². The molecule has 6 atom stereocenters. The second kappa shape index (κ2) is 6.37. The molecule has 2 saturated carbocycles. The van der Waals surface area contributed by atoms with Gasteiger partial charge in [-0.15, -0.1) is 0 Å². The number of imide groups is 1. The number of nitrogens with zero attached hydrogens (tertiary/aromatic N) is 1. The molecule has 1 aliphatic heterocycles. The first-order valence-electron chi connectivity index (χ1n) is 10.2. The molecular weight excluding hydrogens is 370 g/mol. The number of carbonyl (C=O) groups is 4. The van der Waals surface area contributed by atoms with Gasteiger partial charge in [0.2, 0.25) is 11.8 Å². The van der Waals surface area contributed by atoms with E-state index in [0.717, 1.165) is 22.4 Å². The minimum Gasteiger partial charge on any atom is -0.456 e. The summed E-state index contributed by atoms with van der Waals surface area (Å²) >= 11 is 0. The Kier molecular flexibility index (Phi) is 4.02. The molecule has 0 spiro atoms. The van der Waals surface area contributed by atoms with Crippen molar-refractivity contribution in [3.05, 3.63) is 47.0 Å². The van der Waals surface area contributed by atoms with Gasteiger partial charge in [0.15, 0.2) is 12.4 Å². The van der Waals surface area contributed by atoms with E-state index in [1.54, 1.807) is 12.1 Å². The summed E-state index contributed by atoms with van der Waals surface area (Å²) in [5.41, 5.74) is 2.54. The normalized spacial score (nSPS) is 33.5. The Bertz CT molecular complexity index is 943. The van der Waals surface area contributed by atoms with Crippen molar-refractivity contribution in [1.82, 2.24) is 4.90 Å². The van der Waals surface area contributed by atoms with Crippen molar-refractivity contribution in [3.8, 4) is 0 Å². The molecule has 6 nitrogen and oxygen atoms in total. The van der Waals surface area contributed by atoms with Gasteiger partial charge >= 0.3 is 5.97 Å². The van der Waals surface area contributed by atoms with Gasteiger partial charge in [0, 0.05) is 5.56 Å². The van der Waals surface area contributed by atoms with E-state index >= 15 is 0 Å². The Balaban J connectivity index is 1.21. The first-order valence-corrected chi connectivity index (χ1v) is 10.2. The molecule has 4 aliphatic carbocycles. The summed E-state index contributed by atoms with van der Waals surface area (Å²) in [5, 5.41) is 0. The average molecular weight is 393 g/mol. The van der Waals surface area contributed by atoms with Crippen molar-refractivity contribution in [1.29, 1.82) is 0 Å². The number of amides is 2. The van der Waals surface area contributed by atoms with E-state index in [4.69, 9.17) is 4.74 Å². The summed E-state index contributed by atoms with van der Waals surface area (Å²) in [4.78, 5) is 51.3. The first kappa shape index (κ1) is 18.3. The van der Waals surface area contributed by atoms with E-state index in [0.29, 0.717) is 17.4 Å². The summed E-state index contributed by atoms with van der Waals surface area (Å²) in [6.45, 7) is 3.05. The predicted molar refractivity (Wildman–Crippen MR) is 103 cm³/mol. The molecule has 1 heterocycles. The number of benzene rings is 1. The van der Waals surface area contributed by atoms with Gasteiger partial charge in [-0.2, -0.15) is 0 Å². The van der Waals surface area contributed by atoms with E-state index in [-0.39, 0.29) is 41.3 Å². The number of hydrogen-bond acceptors (Lipinski definition) is 5. The molecule has 1 aromatic carbocycles. The summed E-state index contributed by atoms with van der Waals surface area (Å²) in [7, 11) is 0. The maximum atomic E-state index is 12.9. The molecule has 0 aromatic heterocycles. The van der Waals surface area contributed by atoms with Gasteiger partial charge in [0.05, 0.1) is 11.8 Å². The van der Waals surface area contributed by atoms with E-state index in [2.05, 4.69) is 12.2 Å². The van der Waals surface area contributed by atoms with Gasteiger partial charge in [0.25, 0.3) is 0 Å². The number of carbonyl (C=O) groups excluding carboxylic acids is 4. The molecule has 2 amide bonds. The van der Waals surface area contributed by atoms with Crippen molar-refractivity contribution in [3.63, 3.8) is 0 Å². The standard InChI is InChI=1S/C23H23NO5/c1-11-3-4-13(7-12(11)2)18(25)10-29-19(26)9-24-22(27)20-14-5-6-15(17-8-16(14)17)21(20)23(24)28/h3-7,14-17,20-21H,8-10H2,1-2H3. The number of Topliss-reactive ketones (excluding diaryl/α,β-unsaturated/α-hetero) is 1. The van der Waals surface area contributed by atoms with Crippen LogP contribution in [0.4, 0.5) is 0 Å². The Hall–Kier alpha value is -2.76. The number of likely N-dealkylation sites (tertiary alicyclic amines) is 1. The van der Waals surface area contributed by atoms with E-state index in [1.807, 2.05) is 19.9 Å². The highest BCUT2D eigenvalue weighted by atomic mass is 16.5. The average Bonchev–Trinajstić information content (AvgIpc) is 3.49. The maximum Gasteiger partial charge on any atom is 0.326 e. The highest BCUT2D eigenvalue weighted by Gasteiger charge is 2.67. The summed E-state index contributed by atoms with van der Waals surface area (Å²) in [5.74, 6) is -0.931. The van der Waals surface area contributed by atoms with Crippen molar-refractivity contribution < 1.29 is 23.9 Å². The number of allylic oxidation sites excluding steroid dienone is 2. The van der Waals surface area contributed by atoms with Gasteiger partial charge < -0.3 is 4.74 Å². The van der Waals surface area contributed by atoms with Gasteiger partial charge in [-0.25, -0.2) is 0 Å². The molecule has 6 heteroatoms. The van der Waals surface area contributed by atoms with E-state index < -0.39 is 19.1 Å². The lowest BCUT2D eigenvalue weighted by atomic mass is 9.63. The Morgan fingerprint density at radius 1 is 1.00 bits per heavy atom. The molecule has 0 N–H and O–H groups in total. The SMILES string of the molecule is Cc1ccc(C(=O)COC(=O)CN2C(=O)C3C4C=CC(C5CC45)C3C2=O)cc1C. The van der Waals surface area contributed by atoms with Crippen LogP contribution in [0, 0.1) is 49.4 Å². The number of rotatable bonds is 5. The zero-order valence-corrected chi connectivity index (χ0v) is 16.5. The monoisotopic (exact) mass is 393 g/mol. The third-order valence-corrected chi connectivity index (χ3v) is 7.23. The highest BCUT2D eigenvalue weighted by Crippen LogP contribution is 2.65. The van der Waals surface area contributed by atoms with E-state index in [1.165, 1.54) is 0 Å². The molecule has 150 valence electrons. The van der Waals surface area contributed by atoms with Crippen LogP contribution in [0.5, 0.6) is 0 Å². The maximum absolute atomic E-state index is 12.9. The molecule has 6 rings (SSSR count). The minimum absolute atomic E-state index is 0.124. The van der Waals surface area contributed by atoms with E-state index in [9.17, 15) is 19.2 Å². The third-order valence-electron chi connectivity index (χ3n) is 7.23. The van der Waals surface area contributed by atoms with Crippen LogP contribution in [0.15, 0.2) is 30.4 Å². The van der Waals surface area contributed by atoms with Crippen LogP contribution in [0.2, 0.25) is 0 Å².